The highest BCUT2D eigenvalue weighted by Crippen LogP contribution is 2.27. The van der Waals surface area contributed by atoms with Gasteiger partial charge < -0.3 is 10.4 Å². The summed E-state index contributed by atoms with van der Waals surface area (Å²) >= 11 is 1.51. The Morgan fingerprint density at radius 2 is 1.95 bits per heavy atom. The molecule has 1 heterocycles. The Morgan fingerprint density at radius 3 is 2.71 bits per heavy atom. The van der Waals surface area contributed by atoms with Crippen LogP contribution in [0.1, 0.15) is 15.9 Å². The van der Waals surface area contributed by atoms with Gasteiger partial charge in [0.1, 0.15) is 0 Å². The lowest BCUT2D eigenvalue weighted by molar-refractivity contribution is 0.103. The van der Waals surface area contributed by atoms with E-state index in [2.05, 4.69) is 10.3 Å². The summed E-state index contributed by atoms with van der Waals surface area (Å²) in [6, 6.07) is 14.8. The molecule has 0 aliphatic carbocycles. The Labute approximate surface area is 126 Å². The minimum Gasteiger partial charge on any atom is -0.395 e. The molecule has 3 rings (SSSR count). The first-order chi connectivity index (χ1) is 10.3. The van der Waals surface area contributed by atoms with Crippen LogP contribution in [0.25, 0.3) is 10.2 Å². The summed E-state index contributed by atoms with van der Waals surface area (Å²) in [4.78, 5) is 16.8. The third-order valence-electron chi connectivity index (χ3n) is 3.07. The monoisotopic (exact) mass is 298 g/mol. The van der Waals surface area contributed by atoms with Crippen LogP contribution in [0.2, 0.25) is 0 Å². The van der Waals surface area contributed by atoms with E-state index in [-0.39, 0.29) is 12.4 Å². The van der Waals surface area contributed by atoms with Crippen molar-refractivity contribution >= 4 is 32.5 Å². The highest BCUT2D eigenvalue weighted by molar-refractivity contribution is 7.22. The smallest absolute Gasteiger partial charge is 0.193 e. The Balaban J connectivity index is 1.92. The number of benzene rings is 2. The molecule has 0 atom stereocenters. The largest absolute Gasteiger partial charge is 0.395 e. The maximum absolute atomic E-state index is 12.4. The number of aliphatic hydroxyl groups is 1. The molecule has 0 saturated carbocycles. The number of fused-ring (bicyclic) bond motifs is 1. The number of nitrogens with zero attached hydrogens (tertiary/aromatic N) is 1. The van der Waals surface area contributed by atoms with Gasteiger partial charge in [0, 0.05) is 17.7 Å². The molecule has 0 spiro atoms. The number of hydrogen-bond donors (Lipinski definition) is 2. The van der Waals surface area contributed by atoms with Crippen molar-refractivity contribution in [1.29, 1.82) is 0 Å². The summed E-state index contributed by atoms with van der Waals surface area (Å²) in [6.07, 6.45) is 0. The lowest BCUT2D eigenvalue weighted by Gasteiger charge is -2.00. The standard InChI is InChI=1S/C16H14N2O2S/c19-9-8-17-16-18-13-10-12(6-7-14(13)21-16)15(20)11-4-2-1-3-5-11/h1-7,10,19H,8-9H2,(H,17,18). The number of carbonyl (C=O) groups excluding carboxylic acids is 1. The van der Waals surface area contributed by atoms with Gasteiger partial charge in [-0.05, 0) is 18.2 Å². The number of aliphatic hydroxyl groups excluding tert-OH is 1. The molecule has 3 aromatic rings. The first-order valence-corrected chi connectivity index (χ1v) is 7.44. The van der Waals surface area contributed by atoms with Crippen molar-refractivity contribution < 1.29 is 9.90 Å². The van der Waals surface area contributed by atoms with Gasteiger partial charge in [0.05, 0.1) is 16.8 Å². The molecule has 0 aliphatic heterocycles. The summed E-state index contributed by atoms with van der Waals surface area (Å²) in [7, 11) is 0. The summed E-state index contributed by atoms with van der Waals surface area (Å²) < 4.78 is 1.01. The molecule has 2 aromatic carbocycles. The van der Waals surface area contributed by atoms with E-state index in [0.29, 0.717) is 17.7 Å². The van der Waals surface area contributed by atoms with Crippen LogP contribution in [-0.4, -0.2) is 29.0 Å². The van der Waals surface area contributed by atoms with Gasteiger partial charge in [-0.1, -0.05) is 41.7 Å². The molecule has 0 saturated heterocycles. The maximum Gasteiger partial charge on any atom is 0.193 e. The third-order valence-corrected chi connectivity index (χ3v) is 4.07. The number of anilines is 1. The zero-order valence-electron chi connectivity index (χ0n) is 11.2. The number of ketones is 1. The molecule has 0 aliphatic rings. The Morgan fingerprint density at radius 1 is 1.14 bits per heavy atom. The van der Waals surface area contributed by atoms with Gasteiger partial charge >= 0.3 is 0 Å². The van der Waals surface area contributed by atoms with E-state index < -0.39 is 0 Å². The first-order valence-electron chi connectivity index (χ1n) is 6.63. The van der Waals surface area contributed by atoms with Crippen LogP contribution in [0.15, 0.2) is 48.5 Å². The van der Waals surface area contributed by atoms with E-state index in [0.717, 1.165) is 15.3 Å². The van der Waals surface area contributed by atoms with E-state index in [1.165, 1.54) is 11.3 Å². The second kappa shape index (κ2) is 6.03. The Bertz CT molecular complexity index is 768. The minimum atomic E-state index is -0.00429. The topological polar surface area (TPSA) is 62.2 Å². The van der Waals surface area contributed by atoms with Crippen LogP contribution in [-0.2, 0) is 0 Å². The molecule has 0 fully saturated rings. The van der Waals surface area contributed by atoms with Crippen molar-refractivity contribution in [2.75, 3.05) is 18.5 Å². The average Bonchev–Trinajstić information content (AvgIpc) is 2.95. The quantitative estimate of drug-likeness (QED) is 0.711. The fourth-order valence-corrected chi connectivity index (χ4v) is 2.94. The predicted octanol–water partition coefficient (Wildman–Crippen LogP) is 2.93. The van der Waals surface area contributed by atoms with Gasteiger partial charge in [0.25, 0.3) is 0 Å². The van der Waals surface area contributed by atoms with E-state index in [1.807, 2.05) is 48.5 Å². The third kappa shape index (κ3) is 2.94. The molecule has 4 nitrogen and oxygen atoms in total. The zero-order chi connectivity index (χ0) is 14.7. The van der Waals surface area contributed by atoms with Crippen molar-refractivity contribution in [2.24, 2.45) is 0 Å². The fraction of sp³-hybridized carbons (Fsp3) is 0.125. The van der Waals surface area contributed by atoms with Crippen LogP contribution < -0.4 is 5.32 Å². The molecule has 0 amide bonds. The Kier molecular flexibility index (Phi) is 3.94. The van der Waals surface area contributed by atoms with Crippen molar-refractivity contribution in [3.8, 4) is 0 Å². The minimum absolute atomic E-state index is 0.00429. The number of carbonyl (C=O) groups is 1. The van der Waals surface area contributed by atoms with Gasteiger partial charge in [0.2, 0.25) is 0 Å². The summed E-state index contributed by atoms with van der Waals surface area (Å²) in [5, 5.41) is 12.6. The Hall–Kier alpha value is -2.24. The first kappa shape index (κ1) is 13.7. The van der Waals surface area contributed by atoms with Crippen LogP contribution >= 0.6 is 11.3 Å². The lowest BCUT2D eigenvalue weighted by atomic mass is 10.0. The molecule has 1 aromatic heterocycles. The van der Waals surface area contributed by atoms with Crippen LogP contribution in [0.4, 0.5) is 5.13 Å². The molecular formula is C16H14N2O2S. The lowest BCUT2D eigenvalue weighted by Crippen LogP contribution is -2.04. The zero-order valence-corrected chi connectivity index (χ0v) is 12.1. The number of thiazole rings is 1. The number of hydrogen-bond acceptors (Lipinski definition) is 5. The SMILES string of the molecule is O=C(c1ccccc1)c1ccc2sc(NCCO)nc2c1. The molecule has 2 N–H and O–H groups in total. The van der Waals surface area contributed by atoms with Crippen LogP contribution in [0.3, 0.4) is 0 Å². The molecule has 0 bridgehead atoms. The fourth-order valence-electron chi connectivity index (χ4n) is 2.06. The molecule has 21 heavy (non-hydrogen) atoms. The van der Waals surface area contributed by atoms with Gasteiger partial charge in [-0.15, -0.1) is 0 Å². The van der Waals surface area contributed by atoms with Gasteiger partial charge in [0.15, 0.2) is 10.9 Å². The second-order valence-corrected chi connectivity index (χ2v) is 5.58. The highest BCUT2D eigenvalue weighted by Gasteiger charge is 2.11. The molecule has 0 radical (unpaired) electrons. The molecule has 106 valence electrons. The normalized spacial score (nSPS) is 10.7. The number of nitrogens with one attached hydrogen (secondary N) is 1. The van der Waals surface area contributed by atoms with Gasteiger partial charge in [-0.3, -0.25) is 4.79 Å². The molecule has 0 unspecified atom stereocenters. The van der Waals surface area contributed by atoms with E-state index in [1.54, 1.807) is 0 Å². The van der Waals surface area contributed by atoms with Gasteiger partial charge in [-0.25, -0.2) is 4.98 Å². The van der Waals surface area contributed by atoms with Gasteiger partial charge in [-0.2, -0.15) is 0 Å². The number of rotatable bonds is 5. The van der Waals surface area contributed by atoms with Crippen molar-refractivity contribution in [3.05, 3.63) is 59.7 Å². The summed E-state index contributed by atoms with van der Waals surface area (Å²) in [5.74, 6) is -0.00429. The predicted molar refractivity (Wildman–Crippen MR) is 85.1 cm³/mol. The van der Waals surface area contributed by atoms with E-state index >= 15 is 0 Å². The summed E-state index contributed by atoms with van der Waals surface area (Å²) in [5.41, 5.74) is 2.10. The second-order valence-electron chi connectivity index (χ2n) is 4.55. The average molecular weight is 298 g/mol. The van der Waals surface area contributed by atoms with Crippen molar-refractivity contribution in [2.45, 2.75) is 0 Å². The maximum atomic E-state index is 12.4. The number of aromatic nitrogens is 1. The summed E-state index contributed by atoms with van der Waals surface area (Å²) in [6.45, 7) is 0.531. The van der Waals surface area contributed by atoms with Crippen molar-refractivity contribution in [1.82, 2.24) is 4.98 Å². The van der Waals surface area contributed by atoms with Crippen LogP contribution in [0.5, 0.6) is 0 Å². The van der Waals surface area contributed by atoms with E-state index in [4.69, 9.17) is 5.11 Å². The highest BCUT2D eigenvalue weighted by atomic mass is 32.1. The van der Waals surface area contributed by atoms with E-state index in [9.17, 15) is 4.79 Å². The van der Waals surface area contributed by atoms with Crippen molar-refractivity contribution in [3.63, 3.8) is 0 Å². The van der Waals surface area contributed by atoms with Crippen LogP contribution in [0, 0.1) is 0 Å². The molecular weight excluding hydrogens is 284 g/mol. The molecule has 5 heteroatoms.